The molecule has 1 aromatic heterocycles. The zero-order valence-corrected chi connectivity index (χ0v) is 22.5. The van der Waals surface area contributed by atoms with Crippen LogP contribution in [0.2, 0.25) is 0 Å². The van der Waals surface area contributed by atoms with E-state index in [1.165, 1.54) is 154 Å². The van der Waals surface area contributed by atoms with Crippen molar-refractivity contribution in [2.24, 2.45) is 0 Å². The van der Waals surface area contributed by atoms with E-state index in [0.29, 0.717) is 0 Å². The number of hydrogen-bond donors (Lipinski definition) is 0. The molecule has 1 rings (SSSR count). The molecule has 0 aliphatic heterocycles. The second kappa shape index (κ2) is 22.0. The lowest BCUT2D eigenvalue weighted by molar-refractivity contribution is -0.704. The van der Waals surface area contributed by atoms with E-state index >= 15 is 0 Å². The van der Waals surface area contributed by atoms with Gasteiger partial charge in [-0.3, -0.25) is 0 Å². The van der Waals surface area contributed by atoms with E-state index in [1.54, 1.807) is 5.82 Å². The molecule has 0 aliphatic carbocycles. The Morgan fingerprint density at radius 1 is 0.531 bits per heavy atom. The van der Waals surface area contributed by atoms with Crippen LogP contribution in [0, 0.1) is 0 Å². The standard InChI is InChI=1S/C30H59N2/c1-4-7-10-12-13-14-15-16-17-18-19-21-24-27-32-29-28-31(26-23-20-11-8-5-2)30(32)25-22-9-6-3/h28-29H,4-27H2,1-3H3/q+1. The maximum atomic E-state index is 2.58. The maximum Gasteiger partial charge on any atom is 0.256 e. The molecule has 0 bridgehead atoms. The molecule has 0 saturated heterocycles. The lowest BCUT2D eigenvalue weighted by Gasteiger charge is -2.06. The van der Waals surface area contributed by atoms with Crippen molar-refractivity contribution in [2.75, 3.05) is 0 Å². The molecule has 1 aromatic rings. The number of nitrogens with zero attached hydrogens (tertiary/aromatic N) is 2. The average molecular weight is 448 g/mol. The quantitative estimate of drug-likeness (QED) is 0.110. The number of rotatable bonds is 24. The van der Waals surface area contributed by atoms with Crippen molar-refractivity contribution in [3.05, 3.63) is 18.2 Å². The van der Waals surface area contributed by atoms with Gasteiger partial charge in [-0.25, -0.2) is 9.13 Å². The predicted molar refractivity (Wildman–Crippen MR) is 142 cm³/mol. The van der Waals surface area contributed by atoms with Crippen molar-refractivity contribution in [3.8, 4) is 0 Å². The first-order valence-electron chi connectivity index (χ1n) is 14.9. The van der Waals surface area contributed by atoms with Gasteiger partial charge in [0, 0.05) is 6.42 Å². The summed E-state index contributed by atoms with van der Waals surface area (Å²) in [7, 11) is 0. The van der Waals surface area contributed by atoms with Crippen molar-refractivity contribution in [2.45, 2.75) is 175 Å². The number of aryl methyl sites for hydroxylation is 2. The van der Waals surface area contributed by atoms with Gasteiger partial charge in [-0.15, -0.1) is 0 Å². The van der Waals surface area contributed by atoms with Crippen LogP contribution in [0.5, 0.6) is 0 Å². The summed E-state index contributed by atoms with van der Waals surface area (Å²) in [6.45, 7) is 9.36. The highest BCUT2D eigenvalue weighted by Crippen LogP contribution is 2.13. The Morgan fingerprint density at radius 3 is 1.50 bits per heavy atom. The fourth-order valence-corrected chi connectivity index (χ4v) is 4.91. The van der Waals surface area contributed by atoms with E-state index in [4.69, 9.17) is 0 Å². The molecule has 2 heteroatoms. The van der Waals surface area contributed by atoms with E-state index in [2.05, 4.69) is 42.3 Å². The SMILES string of the molecule is CCCCCCCCCCCCCCCn1cc[n+](CCCCCCC)c1CCCCC. The first kappa shape index (κ1) is 29.2. The van der Waals surface area contributed by atoms with Crippen molar-refractivity contribution in [1.82, 2.24) is 4.57 Å². The molecule has 0 atom stereocenters. The summed E-state index contributed by atoms with van der Waals surface area (Å²) >= 11 is 0. The Labute approximate surface area is 202 Å². The molecule has 2 nitrogen and oxygen atoms in total. The predicted octanol–water partition coefficient (Wildman–Crippen LogP) is 9.57. The smallest absolute Gasteiger partial charge is 0.234 e. The number of unbranched alkanes of at least 4 members (excludes halogenated alkanes) is 18. The van der Waals surface area contributed by atoms with Crippen LogP contribution in [-0.4, -0.2) is 4.57 Å². The van der Waals surface area contributed by atoms with Gasteiger partial charge in [0.1, 0.15) is 12.4 Å². The van der Waals surface area contributed by atoms with Gasteiger partial charge in [-0.05, 0) is 32.1 Å². The normalized spacial score (nSPS) is 11.5. The highest BCUT2D eigenvalue weighted by molar-refractivity contribution is 4.84. The average Bonchev–Trinajstić information content (AvgIpc) is 3.18. The molecule has 0 amide bonds. The van der Waals surface area contributed by atoms with Crippen LogP contribution in [0.25, 0.3) is 0 Å². The van der Waals surface area contributed by atoms with Gasteiger partial charge in [0.15, 0.2) is 0 Å². The first-order chi connectivity index (χ1) is 15.8. The Morgan fingerprint density at radius 2 is 0.969 bits per heavy atom. The van der Waals surface area contributed by atoms with Gasteiger partial charge in [0.05, 0.1) is 13.1 Å². The molecule has 0 aromatic carbocycles. The van der Waals surface area contributed by atoms with Crippen molar-refractivity contribution in [1.29, 1.82) is 0 Å². The molecule has 0 N–H and O–H groups in total. The highest BCUT2D eigenvalue weighted by atomic mass is 15.1. The van der Waals surface area contributed by atoms with Crippen LogP contribution >= 0.6 is 0 Å². The van der Waals surface area contributed by atoms with E-state index in [-0.39, 0.29) is 0 Å². The minimum atomic E-state index is 1.22. The fourth-order valence-electron chi connectivity index (χ4n) is 4.91. The number of hydrogen-bond acceptors (Lipinski definition) is 0. The van der Waals surface area contributed by atoms with Gasteiger partial charge in [-0.2, -0.15) is 0 Å². The maximum absolute atomic E-state index is 2.58. The summed E-state index contributed by atoms with van der Waals surface area (Å²) in [5.74, 6) is 1.59. The van der Waals surface area contributed by atoms with Crippen LogP contribution < -0.4 is 4.57 Å². The van der Waals surface area contributed by atoms with Crippen molar-refractivity contribution < 1.29 is 4.57 Å². The minimum Gasteiger partial charge on any atom is -0.234 e. The molecule has 32 heavy (non-hydrogen) atoms. The first-order valence-corrected chi connectivity index (χ1v) is 14.9. The van der Waals surface area contributed by atoms with E-state index < -0.39 is 0 Å². The Kier molecular flexibility index (Phi) is 20.1. The van der Waals surface area contributed by atoms with Gasteiger partial charge >= 0.3 is 0 Å². The fraction of sp³-hybridized carbons (Fsp3) is 0.900. The molecule has 1 heterocycles. The molecule has 0 spiro atoms. The third kappa shape index (κ3) is 15.1. The van der Waals surface area contributed by atoms with Crippen LogP contribution in [-0.2, 0) is 19.5 Å². The summed E-state index contributed by atoms with van der Waals surface area (Å²) in [5, 5.41) is 0. The zero-order valence-electron chi connectivity index (χ0n) is 22.5. The molecule has 0 aliphatic rings. The summed E-state index contributed by atoms with van der Waals surface area (Å²) in [6, 6.07) is 0. The van der Waals surface area contributed by atoms with E-state index in [0.717, 1.165) is 0 Å². The minimum absolute atomic E-state index is 1.22. The molecule has 0 fully saturated rings. The Balaban J connectivity index is 2.18. The summed E-state index contributed by atoms with van der Waals surface area (Å²) in [4.78, 5) is 0. The monoisotopic (exact) mass is 447 g/mol. The van der Waals surface area contributed by atoms with Crippen LogP contribution in [0.15, 0.2) is 12.4 Å². The second-order valence-corrected chi connectivity index (χ2v) is 10.2. The summed E-state index contributed by atoms with van der Waals surface area (Å²) < 4.78 is 5.16. The molecule has 188 valence electrons. The Bertz CT molecular complexity index is 505. The largest absolute Gasteiger partial charge is 0.256 e. The molecular formula is C30H59N2+. The number of imidazole rings is 1. The van der Waals surface area contributed by atoms with Crippen LogP contribution in [0.3, 0.4) is 0 Å². The van der Waals surface area contributed by atoms with Crippen LogP contribution in [0.4, 0.5) is 0 Å². The van der Waals surface area contributed by atoms with Gasteiger partial charge in [0.2, 0.25) is 0 Å². The van der Waals surface area contributed by atoms with Gasteiger partial charge in [0.25, 0.3) is 5.82 Å². The molecule has 0 unspecified atom stereocenters. The lowest BCUT2D eigenvalue weighted by Crippen LogP contribution is -2.37. The van der Waals surface area contributed by atoms with Crippen molar-refractivity contribution in [3.63, 3.8) is 0 Å². The highest BCUT2D eigenvalue weighted by Gasteiger charge is 2.16. The van der Waals surface area contributed by atoms with E-state index in [1.807, 2.05) is 0 Å². The van der Waals surface area contributed by atoms with Crippen LogP contribution in [0.1, 0.15) is 161 Å². The molecule has 0 radical (unpaired) electrons. The summed E-state index contributed by atoms with van der Waals surface area (Å²) in [6.07, 6.45) is 35.6. The number of aromatic nitrogens is 2. The molecular weight excluding hydrogens is 388 g/mol. The molecule has 0 saturated carbocycles. The third-order valence-corrected chi connectivity index (χ3v) is 7.10. The lowest BCUT2D eigenvalue weighted by atomic mass is 10.0. The van der Waals surface area contributed by atoms with E-state index in [9.17, 15) is 0 Å². The summed E-state index contributed by atoms with van der Waals surface area (Å²) in [5.41, 5.74) is 0. The van der Waals surface area contributed by atoms with Gasteiger partial charge < -0.3 is 0 Å². The topological polar surface area (TPSA) is 8.81 Å². The van der Waals surface area contributed by atoms with Crippen molar-refractivity contribution >= 4 is 0 Å². The zero-order chi connectivity index (χ0) is 23.1. The third-order valence-electron chi connectivity index (χ3n) is 7.10. The van der Waals surface area contributed by atoms with Gasteiger partial charge in [-0.1, -0.05) is 124 Å². The second-order valence-electron chi connectivity index (χ2n) is 10.2. The Hall–Kier alpha value is -0.790.